The van der Waals surface area contributed by atoms with Gasteiger partial charge in [0.1, 0.15) is 18.3 Å². The van der Waals surface area contributed by atoms with Gasteiger partial charge in [-0.25, -0.2) is 0 Å². The van der Waals surface area contributed by atoms with Crippen LogP contribution in [0.1, 0.15) is 237 Å². The summed E-state index contributed by atoms with van der Waals surface area (Å²) in [5, 5.41) is 27.4. The lowest BCUT2D eigenvalue weighted by atomic mass is 9.88. The molecule has 372 valence electrons. The second kappa shape index (κ2) is 41.5. The van der Waals surface area contributed by atoms with Gasteiger partial charge in [0.2, 0.25) is 0 Å². The predicted octanol–water partition coefficient (Wildman–Crippen LogP) is 16.7. The highest BCUT2D eigenvalue weighted by Crippen LogP contribution is 2.27. The molecular formula is C51H99N3O9. The molecule has 63 heavy (non-hydrogen) atoms. The van der Waals surface area contributed by atoms with Crippen molar-refractivity contribution in [2.24, 2.45) is 35.5 Å². The first-order chi connectivity index (χ1) is 28.7. The van der Waals surface area contributed by atoms with Crippen LogP contribution in [0.5, 0.6) is 0 Å². The summed E-state index contributed by atoms with van der Waals surface area (Å²) in [7, 11) is 0. The lowest BCUT2D eigenvalue weighted by molar-refractivity contribution is -0.769. The molecule has 12 heteroatoms. The van der Waals surface area contributed by atoms with Crippen LogP contribution in [0.2, 0.25) is 0 Å². The Morgan fingerprint density at radius 2 is 0.762 bits per heavy atom. The van der Waals surface area contributed by atoms with Crippen molar-refractivity contribution in [3.05, 3.63) is 66.8 Å². The lowest BCUT2D eigenvalue weighted by Gasteiger charge is -2.18. The van der Waals surface area contributed by atoms with Gasteiger partial charge in [-0.15, -0.1) is 30.3 Å². The van der Waals surface area contributed by atoms with Crippen molar-refractivity contribution in [3.63, 3.8) is 0 Å². The van der Waals surface area contributed by atoms with Crippen LogP contribution >= 0.6 is 0 Å². The summed E-state index contributed by atoms with van der Waals surface area (Å²) in [6, 6.07) is 0. The van der Waals surface area contributed by atoms with E-state index in [4.69, 9.17) is 0 Å². The van der Waals surface area contributed by atoms with Gasteiger partial charge in [-0.3, -0.25) is 0 Å². The van der Waals surface area contributed by atoms with Gasteiger partial charge in [-0.1, -0.05) is 216 Å². The Balaban J connectivity index is -0.000000659. The van der Waals surface area contributed by atoms with Crippen molar-refractivity contribution >= 4 is 0 Å². The molecule has 12 nitrogen and oxygen atoms in total. The van der Waals surface area contributed by atoms with Crippen LogP contribution < -0.4 is 0 Å². The summed E-state index contributed by atoms with van der Waals surface area (Å²) in [4.78, 5) is 42.7. The molecule has 0 aromatic heterocycles. The average Bonchev–Trinajstić information content (AvgIpc) is 3.68. The molecule has 5 fully saturated rings. The second-order valence-corrected chi connectivity index (χ2v) is 18.8. The third-order valence-corrected chi connectivity index (χ3v) is 12.3. The topological polar surface area (TPSA) is 157 Å². The van der Waals surface area contributed by atoms with E-state index < -0.39 is 15.3 Å². The Morgan fingerprint density at radius 3 is 1.06 bits per heavy atom. The van der Waals surface area contributed by atoms with E-state index in [9.17, 15) is 30.3 Å². The van der Waals surface area contributed by atoms with Gasteiger partial charge in [0, 0.05) is 0 Å². The lowest BCUT2D eigenvalue weighted by Crippen LogP contribution is -2.19. The van der Waals surface area contributed by atoms with Crippen LogP contribution in [-0.4, -0.2) is 33.6 Å². The summed E-state index contributed by atoms with van der Waals surface area (Å²) >= 11 is 0. The third-order valence-electron chi connectivity index (χ3n) is 12.3. The Kier molecular flexibility index (Phi) is 42.2. The number of nitrogens with zero attached hydrogens (tertiary/aromatic N) is 3. The van der Waals surface area contributed by atoms with E-state index >= 15 is 0 Å². The fourth-order valence-corrected chi connectivity index (χ4v) is 7.58. The Bertz CT molecular complexity index is 1170. The molecule has 0 aromatic carbocycles. The summed E-state index contributed by atoms with van der Waals surface area (Å²) < 4.78 is 0. The molecule has 0 aromatic rings. The molecule has 0 spiro atoms. The van der Waals surface area contributed by atoms with E-state index in [1.165, 1.54) is 116 Å². The molecule has 0 heterocycles. The van der Waals surface area contributed by atoms with Crippen molar-refractivity contribution in [2.75, 3.05) is 0 Å². The van der Waals surface area contributed by atoms with Gasteiger partial charge in [0.05, 0.1) is 0 Å². The van der Waals surface area contributed by atoms with Crippen LogP contribution in [-0.2, 0) is 14.5 Å². The zero-order chi connectivity index (χ0) is 44.4. The smallest absolute Gasteiger partial charge is 0.295 e. The first-order valence-corrected chi connectivity index (χ1v) is 24.2. The molecule has 4 atom stereocenters. The van der Waals surface area contributed by atoms with Gasteiger partial charge in [0.25, 0.3) is 15.3 Å². The van der Waals surface area contributed by atoms with Crippen LogP contribution in [0.3, 0.4) is 0 Å². The minimum Gasteiger partial charge on any atom is -0.311 e. The molecule has 8 aliphatic carbocycles. The average molecular weight is 898 g/mol. The van der Waals surface area contributed by atoms with E-state index in [0.29, 0.717) is 5.92 Å². The summed E-state index contributed by atoms with van der Waals surface area (Å²) in [6.07, 6.45) is 45.6. The van der Waals surface area contributed by atoms with Crippen LogP contribution in [0.4, 0.5) is 0 Å². The SMILES string of the molecule is C.C.C.CC1C=CC(O[N+](=O)[O-])CC1.CC1C=CCC1.CC1CC1.CC1CCC1.CC1CCCC1.CC1CCCCCC1.O=[N+]([O-])OC1C=CCCC1.O=[N+]([O-])OC1CCCCC1. The Labute approximate surface area is 386 Å². The summed E-state index contributed by atoms with van der Waals surface area (Å²) in [5.74, 6) is 5.61. The normalized spacial score (nSPS) is 24.7. The van der Waals surface area contributed by atoms with Gasteiger partial charge in [-0.05, 0) is 93.3 Å². The monoisotopic (exact) mass is 898 g/mol. The molecule has 0 amide bonds. The summed E-state index contributed by atoms with van der Waals surface area (Å²) in [6.45, 7) is 13.6. The highest BCUT2D eigenvalue weighted by atomic mass is 17.0. The predicted molar refractivity (Wildman–Crippen MR) is 263 cm³/mol. The van der Waals surface area contributed by atoms with Gasteiger partial charge in [0.15, 0.2) is 0 Å². The number of rotatable bonds is 6. The van der Waals surface area contributed by atoms with E-state index in [2.05, 4.69) is 68.2 Å². The number of hydrogen-bond donors (Lipinski definition) is 0. The third kappa shape index (κ3) is 42.5. The molecular weight excluding hydrogens is 799 g/mol. The van der Waals surface area contributed by atoms with Crippen LogP contribution in [0.25, 0.3) is 0 Å². The molecule has 0 bridgehead atoms. The molecule has 4 unspecified atom stereocenters. The van der Waals surface area contributed by atoms with Crippen LogP contribution in [0, 0.1) is 65.9 Å². The minimum absolute atomic E-state index is 0. The van der Waals surface area contributed by atoms with Crippen molar-refractivity contribution in [1.29, 1.82) is 0 Å². The van der Waals surface area contributed by atoms with Crippen molar-refractivity contribution in [1.82, 2.24) is 0 Å². The molecule has 0 saturated heterocycles. The fourth-order valence-electron chi connectivity index (χ4n) is 7.58. The fraction of sp³-hybridized carbons (Fsp3) is 0.882. The maximum atomic E-state index is 9.90. The van der Waals surface area contributed by atoms with E-state index in [-0.39, 0.29) is 40.6 Å². The second-order valence-electron chi connectivity index (χ2n) is 18.8. The molecule has 0 aliphatic heterocycles. The number of hydrogen-bond acceptors (Lipinski definition) is 9. The first kappa shape index (κ1) is 64.1. The molecule has 0 N–H and O–H groups in total. The largest absolute Gasteiger partial charge is 0.311 e. The first-order valence-electron chi connectivity index (χ1n) is 24.2. The van der Waals surface area contributed by atoms with E-state index in [0.717, 1.165) is 87.4 Å². The zero-order valence-corrected chi connectivity index (χ0v) is 38.8. The summed E-state index contributed by atoms with van der Waals surface area (Å²) in [5.41, 5.74) is 0. The molecule has 8 rings (SSSR count). The Hall–Kier alpha value is -3.18. The van der Waals surface area contributed by atoms with E-state index in [1.54, 1.807) is 12.2 Å². The Morgan fingerprint density at radius 1 is 0.365 bits per heavy atom. The van der Waals surface area contributed by atoms with Crippen molar-refractivity contribution in [3.8, 4) is 0 Å². The van der Waals surface area contributed by atoms with Gasteiger partial charge >= 0.3 is 0 Å². The van der Waals surface area contributed by atoms with Crippen molar-refractivity contribution < 1.29 is 29.8 Å². The number of allylic oxidation sites excluding steroid dienone is 4. The van der Waals surface area contributed by atoms with E-state index in [1.807, 2.05) is 12.2 Å². The van der Waals surface area contributed by atoms with Gasteiger partial charge in [-0.2, -0.15) is 0 Å². The standard InChI is InChI=1S/C8H16.C7H11NO3.C6H11NO3.C6H9NO3.C6H12.C6H10.C5H10.C4H8.3CH4/c1-8-6-4-2-3-5-7-8;1-6-2-4-7(5-3-6)11-8(9)10;2*8-7(9)10-6-4-2-1-3-5-6;2*1-6-4-2-3-5-6;1-5-3-2-4-5;1-4-2-3-4;;;/h8H,2-7H2,1H3;2,4,6-7H,3,5H2,1H3;6H,1-5H2;2,4,6H,1,3,5H2;6H,2-5H2,1H3;2,4,6H,3,5H2,1H3;5H,2-4H2,1H3;4H,2-3H2,1H3;3*1H4. The van der Waals surface area contributed by atoms with Gasteiger partial charge < -0.3 is 14.5 Å². The molecule has 8 aliphatic rings. The maximum absolute atomic E-state index is 9.90. The van der Waals surface area contributed by atoms with Crippen LogP contribution in [0.15, 0.2) is 36.5 Å². The van der Waals surface area contributed by atoms with Crippen molar-refractivity contribution in [2.45, 2.75) is 255 Å². The minimum atomic E-state index is -0.736. The highest BCUT2D eigenvalue weighted by molar-refractivity contribution is 4.97. The highest BCUT2D eigenvalue weighted by Gasteiger charge is 2.17. The quantitative estimate of drug-likeness (QED) is 0.109. The maximum Gasteiger partial charge on any atom is 0.295 e. The zero-order valence-electron chi connectivity index (χ0n) is 38.8. The molecule has 0 radical (unpaired) electrons. The molecule has 5 saturated carbocycles.